The molecule has 0 fully saturated rings. The van der Waals surface area contributed by atoms with Crippen LogP contribution in [0.4, 0.5) is 5.69 Å². The molecule has 1 aliphatic rings. The van der Waals surface area contributed by atoms with Gasteiger partial charge in [-0.1, -0.05) is 30.3 Å². The minimum atomic E-state index is -0.443. The molecule has 25 heavy (non-hydrogen) atoms. The predicted octanol–water partition coefficient (Wildman–Crippen LogP) is 4.29. The summed E-state index contributed by atoms with van der Waals surface area (Å²) >= 11 is 0. The molecule has 0 aliphatic carbocycles. The third-order valence-corrected chi connectivity index (χ3v) is 4.28. The van der Waals surface area contributed by atoms with E-state index in [0.29, 0.717) is 28.2 Å². The third-order valence-electron chi connectivity index (χ3n) is 4.28. The number of nitro benzene ring substituents is 1. The SMILES string of the molecule is O=[N+]([O-])c1ccccc1C1c2ccc(O)cc2Oc2cc(O)ccc21. The van der Waals surface area contributed by atoms with Gasteiger partial charge in [0, 0.05) is 40.8 Å². The van der Waals surface area contributed by atoms with Crippen molar-refractivity contribution in [2.24, 2.45) is 0 Å². The van der Waals surface area contributed by atoms with Crippen molar-refractivity contribution in [2.45, 2.75) is 5.92 Å². The first-order valence-corrected chi connectivity index (χ1v) is 7.61. The zero-order valence-corrected chi connectivity index (χ0v) is 12.9. The monoisotopic (exact) mass is 335 g/mol. The molecule has 0 bridgehead atoms. The summed E-state index contributed by atoms with van der Waals surface area (Å²) in [6, 6.07) is 15.9. The van der Waals surface area contributed by atoms with Gasteiger partial charge in [-0.25, -0.2) is 0 Å². The van der Waals surface area contributed by atoms with Crippen LogP contribution in [0.15, 0.2) is 60.7 Å². The summed E-state index contributed by atoms with van der Waals surface area (Å²) in [5.74, 6) is 0.427. The quantitative estimate of drug-likeness (QED) is 0.421. The summed E-state index contributed by atoms with van der Waals surface area (Å²) in [6.45, 7) is 0. The van der Waals surface area contributed by atoms with E-state index in [2.05, 4.69) is 0 Å². The molecule has 1 heterocycles. The fourth-order valence-corrected chi connectivity index (χ4v) is 3.22. The largest absolute Gasteiger partial charge is 0.508 e. The molecular weight excluding hydrogens is 322 g/mol. The number of phenols is 2. The molecule has 0 radical (unpaired) electrons. The van der Waals surface area contributed by atoms with Crippen LogP contribution in [0.2, 0.25) is 0 Å². The van der Waals surface area contributed by atoms with E-state index in [0.717, 1.165) is 0 Å². The molecule has 2 N–H and O–H groups in total. The Labute approximate surface area is 142 Å². The van der Waals surface area contributed by atoms with Gasteiger partial charge in [0.05, 0.1) is 4.92 Å². The number of fused-ring (bicyclic) bond motifs is 2. The summed E-state index contributed by atoms with van der Waals surface area (Å²) < 4.78 is 5.80. The first kappa shape index (κ1) is 15.0. The minimum Gasteiger partial charge on any atom is -0.508 e. The Balaban J connectivity index is 2.01. The summed E-state index contributed by atoms with van der Waals surface area (Å²) in [7, 11) is 0. The molecule has 124 valence electrons. The van der Waals surface area contributed by atoms with E-state index >= 15 is 0 Å². The van der Waals surface area contributed by atoms with Crippen molar-refractivity contribution in [3.8, 4) is 23.0 Å². The van der Waals surface area contributed by atoms with Crippen LogP contribution in [-0.2, 0) is 0 Å². The molecule has 6 heteroatoms. The van der Waals surface area contributed by atoms with Crippen LogP contribution in [-0.4, -0.2) is 15.1 Å². The minimum absolute atomic E-state index is 0.00690. The van der Waals surface area contributed by atoms with Crippen LogP contribution < -0.4 is 4.74 Å². The molecule has 0 amide bonds. The van der Waals surface area contributed by atoms with Gasteiger partial charge in [0.25, 0.3) is 5.69 Å². The van der Waals surface area contributed by atoms with Gasteiger partial charge in [0.15, 0.2) is 0 Å². The van der Waals surface area contributed by atoms with E-state index in [4.69, 9.17) is 4.74 Å². The Hall–Kier alpha value is -3.54. The summed E-state index contributed by atoms with van der Waals surface area (Å²) in [5, 5.41) is 31.0. The Morgan fingerprint density at radius 1 is 0.840 bits per heavy atom. The highest BCUT2D eigenvalue weighted by atomic mass is 16.6. The average Bonchev–Trinajstić information content (AvgIpc) is 2.59. The fraction of sp³-hybridized carbons (Fsp3) is 0.0526. The zero-order chi connectivity index (χ0) is 17.6. The normalized spacial score (nSPS) is 12.8. The summed E-state index contributed by atoms with van der Waals surface area (Å²) in [6.07, 6.45) is 0. The smallest absolute Gasteiger partial charge is 0.273 e. The van der Waals surface area contributed by atoms with Crippen LogP contribution in [0.25, 0.3) is 0 Å². The number of benzene rings is 3. The van der Waals surface area contributed by atoms with Gasteiger partial charge in [0.2, 0.25) is 0 Å². The number of para-hydroxylation sites is 1. The highest BCUT2D eigenvalue weighted by Gasteiger charge is 2.33. The maximum atomic E-state index is 11.5. The van der Waals surface area contributed by atoms with E-state index in [1.165, 1.54) is 30.3 Å². The van der Waals surface area contributed by atoms with Gasteiger partial charge in [-0.15, -0.1) is 0 Å². The van der Waals surface area contributed by atoms with E-state index in [-0.39, 0.29) is 17.2 Å². The van der Waals surface area contributed by atoms with Gasteiger partial charge < -0.3 is 14.9 Å². The Kier molecular flexibility index (Phi) is 3.32. The summed E-state index contributed by atoms with van der Waals surface area (Å²) in [5.41, 5.74) is 1.96. The lowest BCUT2D eigenvalue weighted by Gasteiger charge is -2.28. The van der Waals surface area contributed by atoms with Gasteiger partial charge in [-0.2, -0.15) is 0 Å². The lowest BCUT2D eigenvalue weighted by atomic mass is 9.82. The number of ether oxygens (including phenoxy) is 1. The van der Waals surface area contributed by atoms with Crippen LogP contribution in [0.5, 0.6) is 23.0 Å². The second kappa shape index (κ2) is 5.52. The lowest BCUT2D eigenvalue weighted by molar-refractivity contribution is -0.385. The molecule has 0 atom stereocenters. The molecule has 0 unspecified atom stereocenters. The third kappa shape index (κ3) is 2.44. The number of rotatable bonds is 2. The molecular formula is C19H13NO5. The molecule has 0 saturated carbocycles. The molecule has 4 rings (SSSR count). The number of nitro groups is 1. The van der Waals surface area contributed by atoms with E-state index < -0.39 is 10.8 Å². The first-order chi connectivity index (χ1) is 12.0. The molecule has 0 saturated heterocycles. The number of hydrogen-bond donors (Lipinski definition) is 2. The number of nitrogens with zero attached hydrogens (tertiary/aromatic N) is 1. The summed E-state index contributed by atoms with van der Waals surface area (Å²) in [4.78, 5) is 11.1. The Morgan fingerprint density at radius 2 is 1.40 bits per heavy atom. The van der Waals surface area contributed by atoms with Crippen LogP contribution in [0, 0.1) is 10.1 Å². The number of phenolic OH excluding ortho intramolecular Hbond substituents is 2. The topological polar surface area (TPSA) is 92.8 Å². The average molecular weight is 335 g/mol. The van der Waals surface area contributed by atoms with E-state index in [1.54, 1.807) is 30.3 Å². The number of aromatic hydroxyl groups is 2. The molecule has 3 aromatic carbocycles. The Morgan fingerprint density at radius 3 is 1.96 bits per heavy atom. The molecule has 0 spiro atoms. The van der Waals surface area contributed by atoms with Crippen molar-refractivity contribution < 1.29 is 19.9 Å². The van der Waals surface area contributed by atoms with Gasteiger partial charge in [-0.05, 0) is 12.1 Å². The van der Waals surface area contributed by atoms with E-state index in [9.17, 15) is 20.3 Å². The van der Waals surface area contributed by atoms with E-state index in [1.807, 2.05) is 0 Å². The highest BCUT2D eigenvalue weighted by molar-refractivity contribution is 5.63. The van der Waals surface area contributed by atoms with Crippen molar-refractivity contribution in [1.82, 2.24) is 0 Å². The molecule has 1 aliphatic heterocycles. The second-order valence-corrected chi connectivity index (χ2v) is 5.80. The molecule has 0 aromatic heterocycles. The molecule has 6 nitrogen and oxygen atoms in total. The van der Waals surface area contributed by atoms with Crippen molar-refractivity contribution >= 4 is 5.69 Å². The van der Waals surface area contributed by atoms with Crippen LogP contribution >= 0.6 is 0 Å². The maximum Gasteiger partial charge on any atom is 0.273 e. The van der Waals surface area contributed by atoms with Crippen molar-refractivity contribution in [1.29, 1.82) is 0 Å². The van der Waals surface area contributed by atoms with Crippen LogP contribution in [0.3, 0.4) is 0 Å². The highest BCUT2D eigenvalue weighted by Crippen LogP contribution is 2.50. The molecule has 3 aromatic rings. The lowest BCUT2D eigenvalue weighted by Crippen LogP contribution is -2.13. The zero-order valence-electron chi connectivity index (χ0n) is 12.9. The maximum absolute atomic E-state index is 11.5. The van der Waals surface area contributed by atoms with Crippen LogP contribution in [0.1, 0.15) is 22.6 Å². The van der Waals surface area contributed by atoms with Crippen molar-refractivity contribution in [3.05, 3.63) is 87.5 Å². The second-order valence-electron chi connectivity index (χ2n) is 5.80. The van der Waals surface area contributed by atoms with Gasteiger partial charge in [-0.3, -0.25) is 10.1 Å². The Bertz CT molecular complexity index is 947. The number of hydrogen-bond acceptors (Lipinski definition) is 5. The standard InChI is InChI=1S/C19H13NO5/c21-11-5-7-14-17(9-11)25-18-10-12(22)6-8-15(18)19(14)13-3-1-2-4-16(13)20(23)24/h1-10,19,21-22H. The fourth-order valence-electron chi connectivity index (χ4n) is 3.22. The van der Waals surface area contributed by atoms with Crippen molar-refractivity contribution in [2.75, 3.05) is 0 Å². The first-order valence-electron chi connectivity index (χ1n) is 7.61. The van der Waals surface area contributed by atoms with Crippen molar-refractivity contribution in [3.63, 3.8) is 0 Å². The predicted molar refractivity (Wildman–Crippen MR) is 90.3 cm³/mol. The van der Waals surface area contributed by atoms with Gasteiger partial charge >= 0.3 is 0 Å². The van der Waals surface area contributed by atoms with Gasteiger partial charge in [0.1, 0.15) is 23.0 Å².